The van der Waals surface area contributed by atoms with Crippen LogP contribution >= 0.6 is 12.6 Å². The zero-order valence-electron chi connectivity index (χ0n) is 11.3. The maximum atomic E-state index is 8.82. The van der Waals surface area contributed by atoms with Gasteiger partial charge < -0.3 is 9.64 Å². The molecule has 0 saturated carbocycles. The summed E-state index contributed by atoms with van der Waals surface area (Å²) in [5, 5.41) is 8.82. The number of nitrogens with zero attached hydrogens (tertiary/aromatic N) is 2. The largest absolute Gasteiger partial charge is 0.381 e. The van der Waals surface area contributed by atoms with Crippen LogP contribution in [0.3, 0.4) is 0 Å². The zero-order valence-corrected chi connectivity index (χ0v) is 12.2. The minimum absolute atomic E-state index is 0.240. The molecule has 3 nitrogen and oxygen atoms in total. The predicted octanol–water partition coefficient (Wildman–Crippen LogP) is 2.72. The summed E-state index contributed by atoms with van der Waals surface area (Å²) in [6, 6.07) is 9.88. The molecule has 0 atom stereocenters. The van der Waals surface area contributed by atoms with E-state index in [9.17, 15) is 0 Å². The smallest absolute Gasteiger partial charge is 0.0991 e. The van der Waals surface area contributed by atoms with Crippen LogP contribution in [0.1, 0.15) is 18.4 Å². The first-order valence-corrected chi connectivity index (χ1v) is 7.22. The maximum Gasteiger partial charge on any atom is 0.0991 e. The van der Waals surface area contributed by atoms with Crippen LogP contribution in [-0.2, 0) is 4.74 Å². The lowest BCUT2D eigenvalue weighted by atomic mass is 9.81. The van der Waals surface area contributed by atoms with Crippen LogP contribution in [0.5, 0.6) is 0 Å². The third-order valence-electron chi connectivity index (χ3n) is 3.90. The molecule has 0 aromatic heterocycles. The monoisotopic (exact) mass is 276 g/mol. The summed E-state index contributed by atoms with van der Waals surface area (Å²) in [6.07, 6.45) is 2.13. The van der Waals surface area contributed by atoms with Crippen LogP contribution in [0, 0.1) is 16.7 Å². The Labute approximate surface area is 120 Å². The van der Waals surface area contributed by atoms with Gasteiger partial charge in [0, 0.05) is 37.9 Å². The Bertz CT molecular complexity index is 446. The number of hydrogen-bond donors (Lipinski definition) is 1. The number of thiol groups is 1. The van der Waals surface area contributed by atoms with Crippen LogP contribution in [0.2, 0.25) is 0 Å². The van der Waals surface area contributed by atoms with Gasteiger partial charge in [-0.25, -0.2) is 0 Å². The fraction of sp³-hybridized carbons (Fsp3) is 0.533. The number of rotatable bonds is 4. The molecule has 1 saturated heterocycles. The molecule has 1 aliphatic rings. The molecule has 0 radical (unpaired) electrons. The molecule has 1 aromatic rings. The summed E-state index contributed by atoms with van der Waals surface area (Å²) in [4.78, 5) is 2.25. The third kappa shape index (κ3) is 3.43. The first kappa shape index (κ1) is 14.2. The van der Waals surface area contributed by atoms with E-state index in [-0.39, 0.29) is 5.41 Å². The van der Waals surface area contributed by atoms with Gasteiger partial charge in [0.05, 0.1) is 11.6 Å². The van der Waals surface area contributed by atoms with Crippen LogP contribution in [0.25, 0.3) is 0 Å². The van der Waals surface area contributed by atoms with Gasteiger partial charge in [-0.2, -0.15) is 17.9 Å². The van der Waals surface area contributed by atoms with Gasteiger partial charge in [0.25, 0.3) is 0 Å². The molecular weight excluding hydrogens is 256 g/mol. The Kier molecular flexibility index (Phi) is 4.73. The fourth-order valence-corrected chi connectivity index (χ4v) is 2.97. The molecule has 1 aromatic carbocycles. The van der Waals surface area contributed by atoms with Crippen molar-refractivity contribution in [2.24, 2.45) is 5.41 Å². The SMILES string of the molecule is CN(CC1(CS)CCOCC1)c1ccc(C#N)cc1. The lowest BCUT2D eigenvalue weighted by Gasteiger charge is -2.39. The van der Waals surface area contributed by atoms with Crippen molar-refractivity contribution >= 4 is 18.3 Å². The van der Waals surface area contributed by atoms with E-state index in [2.05, 4.69) is 30.6 Å². The van der Waals surface area contributed by atoms with E-state index in [1.807, 2.05) is 24.3 Å². The van der Waals surface area contributed by atoms with Crippen LogP contribution < -0.4 is 4.90 Å². The number of benzene rings is 1. The highest BCUT2D eigenvalue weighted by atomic mass is 32.1. The van der Waals surface area contributed by atoms with Gasteiger partial charge in [-0.1, -0.05) is 0 Å². The Morgan fingerprint density at radius 2 is 1.95 bits per heavy atom. The second-order valence-corrected chi connectivity index (χ2v) is 5.60. The van der Waals surface area contributed by atoms with Gasteiger partial charge in [-0.15, -0.1) is 0 Å². The molecule has 19 heavy (non-hydrogen) atoms. The highest BCUT2D eigenvalue weighted by molar-refractivity contribution is 7.80. The topological polar surface area (TPSA) is 36.3 Å². The van der Waals surface area contributed by atoms with Crippen molar-refractivity contribution in [2.75, 3.05) is 37.5 Å². The molecule has 1 aliphatic heterocycles. The normalized spacial score (nSPS) is 17.7. The van der Waals surface area contributed by atoms with E-state index in [0.717, 1.165) is 44.0 Å². The van der Waals surface area contributed by atoms with E-state index in [4.69, 9.17) is 10.00 Å². The number of nitriles is 1. The summed E-state index contributed by atoms with van der Waals surface area (Å²) < 4.78 is 5.46. The van der Waals surface area contributed by atoms with Crippen LogP contribution in [0.15, 0.2) is 24.3 Å². The highest BCUT2D eigenvalue weighted by Gasteiger charge is 2.32. The molecule has 4 heteroatoms. The molecular formula is C15H20N2OS. The predicted molar refractivity (Wildman–Crippen MR) is 80.8 cm³/mol. The second kappa shape index (κ2) is 6.31. The summed E-state index contributed by atoms with van der Waals surface area (Å²) in [5.41, 5.74) is 2.09. The average Bonchev–Trinajstić information content (AvgIpc) is 2.48. The molecule has 1 heterocycles. The second-order valence-electron chi connectivity index (χ2n) is 5.29. The summed E-state index contributed by atoms with van der Waals surface area (Å²) in [5.74, 6) is 0.886. The Hall–Kier alpha value is -1.18. The molecule has 0 bridgehead atoms. The summed E-state index contributed by atoms with van der Waals surface area (Å²) in [7, 11) is 2.10. The van der Waals surface area contributed by atoms with E-state index in [0.29, 0.717) is 5.56 Å². The molecule has 102 valence electrons. The average molecular weight is 276 g/mol. The molecule has 0 N–H and O–H groups in total. The van der Waals surface area contributed by atoms with Gasteiger partial charge >= 0.3 is 0 Å². The standard InChI is InChI=1S/C15H20N2OS/c1-17(14-4-2-13(10-16)3-5-14)11-15(12-19)6-8-18-9-7-15/h2-5,19H,6-9,11-12H2,1H3. The Balaban J connectivity index is 2.06. The third-order valence-corrected chi connectivity index (χ3v) is 4.57. The lowest BCUT2D eigenvalue weighted by Crippen LogP contribution is -2.41. The van der Waals surface area contributed by atoms with Gasteiger partial charge in [0.1, 0.15) is 0 Å². The quantitative estimate of drug-likeness (QED) is 0.859. The molecule has 2 rings (SSSR count). The van der Waals surface area contributed by atoms with Crippen molar-refractivity contribution in [1.82, 2.24) is 0 Å². The van der Waals surface area contributed by atoms with Crippen LogP contribution in [0.4, 0.5) is 5.69 Å². The van der Waals surface area contributed by atoms with Gasteiger partial charge in [0.15, 0.2) is 0 Å². The molecule has 0 aliphatic carbocycles. The lowest BCUT2D eigenvalue weighted by molar-refractivity contribution is 0.0301. The maximum absolute atomic E-state index is 8.82. The van der Waals surface area contributed by atoms with E-state index >= 15 is 0 Å². The highest BCUT2D eigenvalue weighted by Crippen LogP contribution is 2.33. The van der Waals surface area contributed by atoms with Crippen LogP contribution in [-0.4, -0.2) is 32.6 Å². The Morgan fingerprint density at radius 1 is 1.32 bits per heavy atom. The Morgan fingerprint density at radius 3 is 2.47 bits per heavy atom. The molecule has 1 fully saturated rings. The van der Waals surface area contributed by atoms with Crippen molar-refractivity contribution in [1.29, 1.82) is 5.26 Å². The van der Waals surface area contributed by atoms with Crippen molar-refractivity contribution in [3.63, 3.8) is 0 Å². The fourth-order valence-electron chi connectivity index (χ4n) is 2.56. The number of anilines is 1. The van der Waals surface area contributed by atoms with E-state index in [1.54, 1.807) is 0 Å². The van der Waals surface area contributed by atoms with Crippen molar-refractivity contribution < 1.29 is 4.74 Å². The minimum Gasteiger partial charge on any atom is -0.381 e. The van der Waals surface area contributed by atoms with Gasteiger partial charge in [0.2, 0.25) is 0 Å². The molecule has 0 amide bonds. The molecule has 0 spiro atoms. The first-order chi connectivity index (χ1) is 9.19. The van der Waals surface area contributed by atoms with Gasteiger partial charge in [-0.05, 0) is 42.9 Å². The zero-order chi connectivity index (χ0) is 13.7. The van der Waals surface area contributed by atoms with Crippen molar-refractivity contribution in [3.05, 3.63) is 29.8 Å². The number of ether oxygens (including phenoxy) is 1. The summed E-state index contributed by atoms with van der Waals surface area (Å²) in [6.45, 7) is 2.65. The van der Waals surface area contributed by atoms with Gasteiger partial charge in [-0.3, -0.25) is 0 Å². The number of hydrogen-bond acceptors (Lipinski definition) is 4. The van der Waals surface area contributed by atoms with Crippen molar-refractivity contribution in [3.8, 4) is 6.07 Å². The van der Waals surface area contributed by atoms with E-state index in [1.165, 1.54) is 0 Å². The summed E-state index contributed by atoms with van der Waals surface area (Å²) >= 11 is 4.54. The molecule has 0 unspecified atom stereocenters. The first-order valence-electron chi connectivity index (χ1n) is 6.59. The van der Waals surface area contributed by atoms with E-state index < -0.39 is 0 Å². The minimum atomic E-state index is 0.240. The van der Waals surface area contributed by atoms with Crippen molar-refractivity contribution in [2.45, 2.75) is 12.8 Å².